The van der Waals surface area contributed by atoms with Crippen LogP contribution in [0.15, 0.2) is 47.3 Å². The van der Waals surface area contributed by atoms with Crippen molar-refractivity contribution in [3.63, 3.8) is 0 Å². The van der Waals surface area contributed by atoms with Crippen LogP contribution in [0.2, 0.25) is 0 Å². The Balaban J connectivity index is 1.86. The summed E-state index contributed by atoms with van der Waals surface area (Å²) < 4.78 is 0. The van der Waals surface area contributed by atoms with Gasteiger partial charge in [-0.3, -0.25) is 9.59 Å². The van der Waals surface area contributed by atoms with Gasteiger partial charge < -0.3 is 10.3 Å². The highest BCUT2D eigenvalue weighted by Crippen LogP contribution is 2.18. The van der Waals surface area contributed by atoms with Crippen molar-refractivity contribution in [1.29, 1.82) is 0 Å². The van der Waals surface area contributed by atoms with E-state index in [-0.39, 0.29) is 18.0 Å². The molecule has 0 aliphatic rings. The summed E-state index contributed by atoms with van der Waals surface area (Å²) in [6.45, 7) is 6.14. The number of pyridine rings is 1. The zero-order valence-corrected chi connectivity index (χ0v) is 14.1. The molecule has 24 heavy (non-hydrogen) atoms. The maximum Gasteiger partial charge on any atom is 0.253 e. The summed E-state index contributed by atoms with van der Waals surface area (Å²) >= 11 is 0. The predicted octanol–water partition coefficient (Wildman–Crippen LogP) is 3.38. The number of benzene rings is 2. The monoisotopic (exact) mass is 320 g/mol. The Labute approximate surface area is 140 Å². The molecule has 2 N–H and O–H groups in total. The summed E-state index contributed by atoms with van der Waals surface area (Å²) in [5, 5.41) is 3.80. The molecular weight excluding hydrogens is 300 g/mol. The molecule has 3 rings (SSSR count). The van der Waals surface area contributed by atoms with Crippen molar-refractivity contribution in [2.45, 2.75) is 27.3 Å². The molecule has 0 atom stereocenters. The minimum absolute atomic E-state index is 0.168. The molecule has 0 saturated heterocycles. The Kier molecular flexibility index (Phi) is 4.21. The van der Waals surface area contributed by atoms with Gasteiger partial charge in [0.05, 0.1) is 5.52 Å². The van der Waals surface area contributed by atoms with E-state index >= 15 is 0 Å². The summed E-state index contributed by atoms with van der Waals surface area (Å²) in [5.74, 6) is -0.182. The molecule has 0 aliphatic carbocycles. The van der Waals surface area contributed by atoms with Gasteiger partial charge in [-0.05, 0) is 56.0 Å². The van der Waals surface area contributed by atoms with Gasteiger partial charge in [-0.25, -0.2) is 0 Å². The number of aryl methyl sites for hydroxylation is 3. The van der Waals surface area contributed by atoms with Gasteiger partial charge in [0.25, 0.3) is 11.5 Å². The normalized spacial score (nSPS) is 10.8. The highest BCUT2D eigenvalue weighted by molar-refractivity contribution is 5.94. The van der Waals surface area contributed by atoms with E-state index in [1.165, 1.54) is 0 Å². The zero-order valence-electron chi connectivity index (χ0n) is 14.1. The molecule has 1 aromatic heterocycles. The number of rotatable bonds is 3. The molecule has 0 radical (unpaired) electrons. The van der Waals surface area contributed by atoms with E-state index in [1.54, 1.807) is 6.07 Å². The van der Waals surface area contributed by atoms with Gasteiger partial charge in [-0.15, -0.1) is 0 Å². The minimum Gasteiger partial charge on any atom is -0.348 e. The molecule has 0 saturated carbocycles. The third kappa shape index (κ3) is 3.23. The maximum atomic E-state index is 12.3. The third-order valence-corrected chi connectivity index (χ3v) is 4.09. The topological polar surface area (TPSA) is 62.0 Å². The number of aromatic nitrogens is 1. The van der Waals surface area contributed by atoms with Gasteiger partial charge in [-0.2, -0.15) is 0 Å². The lowest BCUT2D eigenvalue weighted by Crippen LogP contribution is -2.26. The lowest BCUT2D eigenvalue weighted by molar-refractivity contribution is 0.0950. The second kappa shape index (κ2) is 6.32. The van der Waals surface area contributed by atoms with Crippen LogP contribution in [0.25, 0.3) is 10.9 Å². The average Bonchev–Trinajstić information content (AvgIpc) is 2.53. The molecule has 0 fully saturated rings. The number of H-pyrrole nitrogens is 1. The fourth-order valence-corrected chi connectivity index (χ4v) is 2.93. The summed E-state index contributed by atoms with van der Waals surface area (Å²) in [6, 6.07) is 13.3. The van der Waals surface area contributed by atoms with Crippen molar-refractivity contribution >= 4 is 16.8 Å². The second-order valence-electron chi connectivity index (χ2n) is 6.22. The summed E-state index contributed by atoms with van der Waals surface area (Å²) in [6.07, 6.45) is 0. The first-order chi connectivity index (χ1) is 11.4. The van der Waals surface area contributed by atoms with E-state index in [0.717, 1.165) is 27.6 Å². The van der Waals surface area contributed by atoms with E-state index in [1.807, 2.05) is 57.2 Å². The number of aromatic amines is 1. The number of carbonyl (C=O) groups is 1. The standard InChI is InChI=1S/C20H20N2O2/c1-12-5-4-6-15(8-12)19(23)21-11-17-10-16-9-13(2)7-14(3)18(16)22-20(17)24/h4-10H,11H2,1-3H3,(H,21,23)(H,22,24). The fraction of sp³-hybridized carbons (Fsp3) is 0.200. The van der Waals surface area contributed by atoms with Crippen molar-refractivity contribution in [3.05, 3.63) is 80.6 Å². The number of nitrogens with one attached hydrogen (secondary N) is 2. The van der Waals surface area contributed by atoms with Crippen LogP contribution in [0.5, 0.6) is 0 Å². The van der Waals surface area contributed by atoms with Crippen molar-refractivity contribution in [3.8, 4) is 0 Å². The molecule has 3 aromatic rings. The first-order valence-corrected chi connectivity index (χ1v) is 7.92. The number of amides is 1. The molecule has 0 unspecified atom stereocenters. The SMILES string of the molecule is Cc1cccc(C(=O)NCc2cc3cc(C)cc(C)c3[nH]c2=O)c1. The summed E-state index contributed by atoms with van der Waals surface area (Å²) in [7, 11) is 0. The summed E-state index contributed by atoms with van der Waals surface area (Å²) in [4.78, 5) is 27.4. The summed E-state index contributed by atoms with van der Waals surface area (Å²) in [5.41, 5.74) is 5.03. The number of hydrogen-bond acceptors (Lipinski definition) is 2. The van der Waals surface area contributed by atoms with Gasteiger partial charge in [0.1, 0.15) is 0 Å². The van der Waals surface area contributed by atoms with Gasteiger partial charge in [0.15, 0.2) is 0 Å². The van der Waals surface area contributed by atoms with Crippen LogP contribution in [0, 0.1) is 20.8 Å². The van der Waals surface area contributed by atoms with Crippen LogP contribution in [0.1, 0.15) is 32.6 Å². The highest BCUT2D eigenvalue weighted by atomic mass is 16.1. The predicted molar refractivity (Wildman–Crippen MR) is 96.4 cm³/mol. The quantitative estimate of drug-likeness (QED) is 0.777. The first-order valence-electron chi connectivity index (χ1n) is 7.92. The molecule has 122 valence electrons. The smallest absolute Gasteiger partial charge is 0.253 e. The fourth-order valence-electron chi connectivity index (χ4n) is 2.93. The Bertz CT molecular complexity index is 987. The number of fused-ring (bicyclic) bond motifs is 1. The Morgan fingerprint density at radius 2 is 1.83 bits per heavy atom. The van der Waals surface area contributed by atoms with Crippen LogP contribution in [-0.4, -0.2) is 10.9 Å². The molecule has 4 nitrogen and oxygen atoms in total. The maximum absolute atomic E-state index is 12.3. The van der Waals surface area contributed by atoms with Gasteiger partial charge in [-0.1, -0.05) is 29.3 Å². The van der Waals surface area contributed by atoms with Crippen LogP contribution in [-0.2, 0) is 6.54 Å². The van der Waals surface area contributed by atoms with Crippen molar-refractivity contribution < 1.29 is 4.79 Å². The minimum atomic E-state index is -0.182. The average molecular weight is 320 g/mol. The zero-order chi connectivity index (χ0) is 17.3. The van der Waals surface area contributed by atoms with Gasteiger partial charge >= 0.3 is 0 Å². The van der Waals surface area contributed by atoms with Gasteiger partial charge in [0.2, 0.25) is 0 Å². The van der Waals surface area contributed by atoms with Crippen LogP contribution in [0.4, 0.5) is 0 Å². The van der Waals surface area contributed by atoms with E-state index < -0.39 is 0 Å². The van der Waals surface area contributed by atoms with E-state index in [9.17, 15) is 9.59 Å². The molecule has 0 bridgehead atoms. The highest BCUT2D eigenvalue weighted by Gasteiger charge is 2.09. The molecule has 4 heteroatoms. The lowest BCUT2D eigenvalue weighted by Gasteiger charge is -2.09. The third-order valence-electron chi connectivity index (χ3n) is 4.09. The van der Waals surface area contributed by atoms with E-state index in [4.69, 9.17) is 0 Å². The molecular formula is C20H20N2O2. The van der Waals surface area contributed by atoms with Crippen molar-refractivity contribution in [2.75, 3.05) is 0 Å². The largest absolute Gasteiger partial charge is 0.348 e. The van der Waals surface area contributed by atoms with Crippen LogP contribution >= 0.6 is 0 Å². The van der Waals surface area contributed by atoms with E-state index in [0.29, 0.717) is 11.1 Å². The Morgan fingerprint density at radius 1 is 1.04 bits per heavy atom. The number of hydrogen-bond donors (Lipinski definition) is 2. The van der Waals surface area contributed by atoms with Crippen molar-refractivity contribution in [1.82, 2.24) is 10.3 Å². The van der Waals surface area contributed by atoms with E-state index in [2.05, 4.69) is 10.3 Å². The van der Waals surface area contributed by atoms with Crippen LogP contribution < -0.4 is 10.9 Å². The first kappa shape index (κ1) is 16.0. The molecule has 0 spiro atoms. The van der Waals surface area contributed by atoms with Crippen molar-refractivity contribution in [2.24, 2.45) is 0 Å². The molecule has 1 amide bonds. The molecule has 2 aromatic carbocycles. The van der Waals surface area contributed by atoms with Gasteiger partial charge in [0, 0.05) is 17.7 Å². The molecule has 1 heterocycles. The Morgan fingerprint density at radius 3 is 2.58 bits per heavy atom. The second-order valence-corrected chi connectivity index (χ2v) is 6.22. The Hall–Kier alpha value is -2.88. The lowest BCUT2D eigenvalue weighted by atomic mass is 10.1. The molecule has 0 aliphatic heterocycles. The van der Waals surface area contributed by atoms with Crippen LogP contribution in [0.3, 0.4) is 0 Å². The number of carbonyl (C=O) groups excluding carboxylic acids is 1.